The number of carbonyl (C=O) groups is 1. The first-order chi connectivity index (χ1) is 12.6. The van der Waals surface area contributed by atoms with Crippen molar-refractivity contribution >= 4 is 34.2 Å². The van der Waals surface area contributed by atoms with E-state index in [4.69, 9.17) is 4.94 Å². The number of rotatable bonds is 3. The first kappa shape index (κ1) is 16.1. The van der Waals surface area contributed by atoms with Crippen LogP contribution >= 0.6 is 11.8 Å². The zero-order valence-corrected chi connectivity index (χ0v) is 13.9. The van der Waals surface area contributed by atoms with Crippen LogP contribution in [0.25, 0.3) is 0 Å². The van der Waals surface area contributed by atoms with Gasteiger partial charge in [0.2, 0.25) is 0 Å². The van der Waals surface area contributed by atoms with Crippen LogP contribution in [0, 0.1) is 10.1 Å². The molecule has 130 valence electrons. The molecule has 2 N–H and O–H groups in total. The van der Waals surface area contributed by atoms with Crippen molar-refractivity contribution in [1.29, 1.82) is 0 Å². The first-order valence-corrected chi connectivity index (χ1v) is 8.26. The Bertz CT molecular complexity index is 963. The number of amidine groups is 1. The van der Waals surface area contributed by atoms with E-state index in [1.807, 2.05) is 6.08 Å². The van der Waals surface area contributed by atoms with Gasteiger partial charge in [0.05, 0.1) is 21.7 Å². The summed E-state index contributed by atoms with van der Waals surface area (Å²) >= 11 is 1.13. The summed E-state index contributed by atoms with van der Waals surface area (Å²) in [6, 6.07) is 6.19. The fraction of sp³-hybridized carbons (Fsp3) is 0. The molecule has 9 nitrogen and oxygen atoms in total. The summed E-state index contributed by atoms with van der Waals surface area (Å²) < 4.78 is 0. The number of aliphatic imine (C=N–C) groups is 1. The maximum atomic E-state index is 12.1. The maximum absolute atomic E-state index is 12.1. The van der Waals surface area contributed by atoms with E-state index < -0.39 is 10.8 Å². The van der Waals surface area contributed by atoms with Crippen molar-refractivity contribution in [2.24, 2.45) is 4.99 Å². The molecule has 26 heavy (non-hydrogen) atoms. The van der Waals surface area contributed by atoms with Gasteiger partial charge in [-0.1, -0.05) is 12.1 Å². The van der Waals surface area contributed by atoms with Crippen LogP contribution in [0.5, 0.6) is 0 Å². The molecule has 3 heterocycles. The Balaban J connectivity index is 1.51. The second kappa shape index (κ2) is 6.50. The number of anilines is 1. The lowest BCUT2D eigenvalue weighted by Gasteiger charge is -2.15. The Hall–Kier alpha value is -3.37. The molecule has 0 spiro atoms. The number of allylic oxidation sites excluding steroid dienone is 4. The van der Waals surface area contributed by atoms with Crippen LogP contribution in [-0.4, -0.2) is 21.1 Å². The van der Waals surface area contributed by atoms with Crippen molar-refractivity contribution in [1.82, 2.24) is 10.5 Å². The zero-order chi connectivity index (χ0) is 18.1. The number of benzene rings is 1. The summed E-state index contributed by atoms with van der Waals surface area (Å²) in [5, 5.41) is 15.8. The highest BCUT2D eigenvalue weighted by Crippen LogP contribution is 2.32. The zero-order valence-electron chi connectivity index (χ0n) is 13.1. The fourth-order valence-corrected chi connectivity index (χ4v) is 3.24. The molecule has 1 amide bonds. The van der Waals surface area contributed by atoms with E-state index in [-0.39, 0.29) is 11.4 Å². The highest BCUT2D eigenvalue weighted by Gasteiger charge is 2.25. The van der Waals surface area contributed by atoms with E-state index in [9.17, 15) is 14.9 Å². The van der Waals surface area contributed by atoms with Crippen molar-refractivity contribution in [3.8, 4) is 0 Å². The Morgan fingerprint density at radius 3 is 3.08 bits per heavy atom. The number of nitrogens with zero attached hydrogens (tertiary/aromatic N) is 3. The van der Waals surface area contributed by atoms with Crippen molar-refractivity contribution < 1.29 is 14.7 Å². The lowest BCUT2D eigenvalue weighted by Crippen LogP contribution is -2.15. The number of hydroxylamine groups is 3. The summed E-state index contributed by atoms with van der Waals surface area (Å²) in [6.45, 7) is 0. The molecule has 0 saturated heterocycles. The first-order valence-electron chi connectivity index (χ1n) is 7.45. The number of nitro benzene ring substituents is 1. The molecule has 0 bridgehead atoms. The summed E-state index contributed by atoms with van der Waals surface area (Å²) in [4.78, 5) is 32.2. The molecular weight excluding hydrogens is 358 g/mol. The van der Waals surface area contributed by atoms with Crippen LogP contribution in [0.2, 0.25) is 0 Å². The van der Waals surface area contributed by atoms with Gasteiger partial charge in [-0.25, -0.2) is 10.5 Å². The second-order valence-electron chi connectivity index (χ2n) is 5.30. The van der Waals surface area contributed by atoms with Gasteiger partial charge in [-0.3, -0.25) is 14.9 Å². The topological polar surface area (TPSA) is 109 Å². The van der Waals surface area contributed by atoms with E-state index in [0.717, 1.165) is 23.0 Å². The minimum atomic E-state index is -0.490. The molecule has 0 atom stereocenters. The van der Waals surface area contributed by atoms with Gasteiger partial charge in [0.25, 0.3) is 11.6 Å². The molecule has 10 heteroatoms. The number of nitro groups is 1. The highest BCUT2D eigenvalue weighted by atomic mass is 32.2. The van der Waals surface area contributed by atoms with Gasteiger partial charge in [0.15, 0.2) is 5.17 Å². The molecule has 1 aromatic rings. The molecule has 3 aliphatic heterocycles. The van der Waals surface area contributed by atoms with Crippen LogP contribution in [0.3, 0.4) is 0 Å². The molecule has 0 radical (unpaired) electrons. The van der Waals surface area contributed by atoms with E-state index in [1.165, 1.54) is 6.07 Å². The standard InChI is InChI=1S/C16H11N5O4S/c22-15-14(8-10-5-6-20-11(7-10)9-17-25-20)26-16(19-15)18-12-3-1-2-4-13(12)21(23)24/h1-9,17H,(H,18,19,22). The number of hydrogen-bond acceptors (Lipinski definition) is 8. The van der Waals surface area contributed by atoms with Crippen molar-refractivity contribution in [3.05, 3.63) is 81.2 Å². The number of hydrogen-bond donors (Lipinski definition) is 2. The van der Waals surface area contributed by atoms with Crippen LogP contribution in [0.15, 0.2) is 76.1 Å². The fourth-order valence-electron chi connectivity index (χ4n) is 2.41. The van der Waals surface area contributed by atoms with E-state index in [1.54, 1.807) is 47.8 Å². The number of fused-ring (bicyclic) bond motifs is 1. The minimum Gasteiger partial charge on any atom is -0.329 e. The van der Waals surface area contributed by atoms with E-state index >= 15 is 0 Å². The van der Waals surface area contributed by atoms with Gasteiger partial charge in [0.1, 0.15) is 5.69 Å². The van der Waals surface area contributed by atoms with Crippen LogP contribution < -0.4 is 10.8 Å². The Morgan fingerprint density at radius 1 is 1.38 bits per heavy atom. The summed E-state index contributed by atoms with van der Waals surface area (Å²) in [6.07, 6.45) is 8.74. The third-order valence-electron chi connectivity index (χ3n) is 3.59. The molecule has 4 rings (SSSR count). The lowest BCUT2D eigenvalue weighted by atomic mass is 10.1. The lowest BCUT2D eigenvalue weighted by molar-refractivity contribution is -0.383. The molecule has 0 saturated carbocycles. The second-order valence-corrected chi connectivity index (χ2v) is 6.33. The SMILES string of the molecule is O=C1N=C(Nc2ccccc2[N+](=O)[O-])SC1=CC1=CC2=CNON2C=C1. The average Bonchev–Trinajstić information content (AvgIpc) is 3.21. The van der Waals surface area contributed by atoms with Gasteiger partial charge in [-0.2, -0.15) is 9.93 Å². The number of para-hydroxylation sites is 2. The number of carbonyl (C=O) groups excluding carboxylic acids is 1. The summed E-state index contributed by atoms with van der Waals surface area (Å²) in [7, 11) is 0. The van der Waals surface area contributed by atoms with Crippen molar-refractivity contribution in [2.75, 3.05) is 5.32 Å². The van der Waals surface area contributed by atoms with Gasteiger partial charge >= 0.3 is 0 Å². The maximum Gasteiger partial charge on any atom is 0.292 e. The normalized spacial score (nSPS) is 19.7. The minimum absolute atomic E-state index is 0.0839. The molecule has 1 aromatic carbocycles. The molecule has 3 aliphatic rings. The predicted octanol–water partition coefficient (Wildman–Crippen LogP) is 2.57. The molecular formula is C16H11N5O4S. The van der Waals surface area contributed by atoms with E-state index in [2.05, 4.69) is 15.8 Å². The van der Waals surface area contributed by atoms with Gasteiger partial charge in [-0.15, -0.1) is 0 Å². The number of amides is 1. The third-order valence-corrected chi connectivity index (χ3v) is 4.49. The molecule has 0 fully saturated rings. The van der Waals surface area contributed by atoms with Gasteiger partial charge in [0, 0.05) is 12.3 Å². The smallest absolute Gasteiger partial charge is 0.292 e. The monoisotopic (exact) mass is 369 g/mol. The highest BCUT2D eigenvalue weighted by molar-refractivity contribution is 8.18. The number of thioether (sulfide) groups is 1. The van der Waals surface area contributed by atoms with Crippen molar-refractivity contribution in [3.63, 3.8) is 0 Å². The quantitative estimate of drug-likeness (QED) is 0.475. The molecule has 0 aliphatic carbocycles. The third kappa shape index (κ3) is 3.10. The predicted molar refractivity (Wildman–Crippen MR) is 96.2 cm³/mol. The van der Waals surface area contributed by atoms with E-state index in [0.29, 0.717) is 10.1 Å². The van der Waals surface area contributed by atoms with Crippen molar-refractivity contribution in [2.45, 2.75) is 0 Å². The van der Waals surface area contributed by atoms with Crippen LogP contribution in [0.4, 0.5) is 11.4 Å². The molecule has 0 aromatic heterocycles. The van der Waals surface area contributed by atoms with Gasteiger partial charge < -0.3 is 5.32 Å². The van der Waals surface area contributed by atoms with Crippen LogP contribution in [-0.2, 0) is 9.73 Å². The van der Waals surface area contributed by atoms with Crippen LogP contribution in [0.1, 0.15) is 0 Å². The Morgan fingerprint density at radius 2 is 2.23 bits per heavy atom. The Kier molecular flexibility index (Phi) is 4.03. The van der Waals surface area contributed by atoms with Gasteiger partial charge in [-0.05, 0) is 41.6 Å². The molecule has 0 unspecified atom stereocenters. The summed E-state index contributed by atoms with van der Waals surface area (Å²) in [5.41, 5.74) is 4.43. The average molecular weight is 369 g/mol. The largest absolute Gasteiger partial charge is 0.329 e. The summed E-state index contributed by atoms with van der Waals surface area (Å²) in [5.74, 6) is -0.400. The Labute approximate surface area is 151 Å². The number of nitrogens with one attached hydrogen (secondary N) is 2.